The molecule has 29 heavy (non-hydrogen) atoms. The summed E-state index contributed by atoms with van der Waals surface area (Å²) in [6, 6.07) is 7.96. The number of nitrogens with one attached hydrogen (secondary N) is 2. The van der Waals surface area contributed by atoms with Gasteiger partial charge in [-0.2, -0.15) is 0 Å². The van der Waals surface area contributed by atoms with E-state index in [0.717, 1.165) is 0 Å². The number of amides is 1. The molecule has 152 valence electrons. The van der Waals surface area contributed by atoms with Crippen molar-refractivity contribution in [2.24, 2.45) is 7.05 Å². The molecule has 1 amide bonds. The lowest BCUT2D eigenvalue weighted by Crippen LogP contribution is -2.32. The summed E-state index contributed by atoms with van der Waals surface area (Å²) in [7, 11) is 3.58. The van der Waals surface area contributed by atoms with Gasteiger partial charge >= 0.3 is 6.09 Å². The van der Waals surface area contributed by atoms with Crippen molar-refractivity contribution in [1.29, 1.82) is 0 Å². The van der Waals surface area contributed by atoms with E-state index in [1.807, 2.05) is 7.05 Å². The molecular weight excluding hydrogens is 381 g/mol. The van der Waals surface area contributed by atoms with Crippen LogP contribution in [0.3, 0.4) is 0 Å². The molecule has 1 aliphatic rings. The lowest BCUT2D eigenvalue weighted by Gasteiger charge is -2.20. The summed E-state index contributed by atoms with van der Waals surface area (Å²) in [6.45, 7) is -0.0938. The van der Waals surface area contributed by atoms with Crippen LogP contribution in [0, 0.1) is 5.82 Å². The van der Waals surface area contributed by atoms with Gasteiger partial charge in [0.05, 0.1) is 18.8 Å². The van der Waals surface area contributed by atoms with Crippen LogP contribution in [0.2, 0.25) is 0 Å². The average molecular weight is 401 g/mol. The minimum Gasteiger partial charge on any atom is -0.441 e. The molecule has 0 spiro atoms. The number of carbonyl (C=O) groups is 1. The van der Waals surface area contributed by atoms with Crippen LogP contribution in [-0.4, -0.2) is 57.2 Å². The molecule has 3 heterocycles. The van der Waals surface area contributed by atoms with Crippen molar-refractivity contribution in [3.05, 3.63) is 42.3 Å². The standard InChI is InChI=1S/C18H20FN7O3/c1-20-26-23-17(24(26)2)22-16-6-3-11(8-21-16)14-5-4-12(7-15(14)19)25-9-13(10-27)29-18(25)28/h3-8,13,20,27H,9-10H2,1-2H3,(H,21,22,23)/t13-/m1/s1. The first kappa shape index (κ1) is 18.7. The molecule has 10 nitrogen and oxygen atoms in total. The molecular formula is C18H20FN7O3. The Morgan fingerprint density at radius 2 is 2.17 bits per heavy atom. The van der Waals surface area contributed by atoms with Crippen molar-refractivity contribution in [2.45, 2.75) is 6.10 Å². The number of carbonyl (C=O) groups excluding carboxylic acids is 1. The van der Waals surface area contributed by atoms with Gasteiger partial charge in [-0.3, -0.25) is 10.3 Å². The average Bonchev–Trinajstić information content (AvgIpc) is 3.12. The maximum Gasteiger partial charge on any atom is 0.414 e. The molecule has 1 saturated heterocycles. The van der Waals surface area contributed by atoms with Gasteiger partial charge in [0, 0.05) is 31.4 Å². The zero-order valence-electron chi connectivity index (χ0n) is 15.8. The van der Waals surface area contributed by atoms with Crippen molar-refractivity contribution >= 4 is 23.5 Å². The first-order valence-electron chi connectivity index (χ1n) is 8.92. The summed E-state index contributed by atoms with van der Waals surface area (Å²) in [5.74, 6) is 0.703. The second kappa shape index (κ2) is 7.43. The predicted octanol–water partition coefficient (Wildman–Crippen LogP) is 1.66. The van der Waals surface area contributed by atoms with E-state index < -0.39 is 18.0 Å². The van der Waals surface area contributed by atoms with Crippen LogP contribution < -0.4 is 15.6 Å². The normalized spacial score (nSPS) is 16.2. The van der Waals surface area contributed by atoms with E-state index in [4.69, 9.17) is 9.84 Å². The quantitative estimate of drug-likeness (QED) is 0.576. The molecule has 4 rings (SSSR count). The second-order valence-electron chi connectivity index (χ2n) is 6.48. The van der Waals surface area contributed by atoms with Crippen molar-refractivity contribution in [3.63, 3.8) is 0 Å². The Bertz CT molecular complexity index is 1030. The second-order valence-corrected chi connectivity index (χ2v) is 6.48. The molecule has 1 aliphatic heterocycles. The third-order valence-corrected chi connectivity index (χ3v) is 4.64. The molecule has 1 aromatic carbocycles. The number of aromatic nitrogens is 4. The van der Waals surface area contributed by atoms with Gasteiger partial charge in [0.2, 0.25) is 5.95 Å². The van der Waals surface area contributed by atoms with E-state index in [9.17, 15) is 9.18 Å². The fraction of sp³-hybridized carbons (Fsp3) is 0.278. The first-order valence-corrected chi connectivity index (χ1v) is 8.92. The molecule has 0 saturated carbocycles. The van der Waals surface area contributed by atoms with Crippen LogP contribution in [0.4, 0.5) is 26.6 Å². The van der Waals surface area contributed by atoms with Crippen LogP contribution in [-0.2, 0) is 11.8 Å². The number of ether oxygens (including phenoxy) is 1. The summed E-state index contributed by atoms with van der Waals surface area (Å²) in [5, 5.41) is 16.4. The van der Waals surface area contributed by atoms with Gasteiger partial charge in [0.15, 0.2) is 0 Å². The highest BCUT2D eigenvalue weighted by Crippen LogP contribution is 2.29. The van der Waals surface area contributed by atoms with Gasteiger partial charge in [0.25, 0.3) is 0 Å². The first-order chi connectivity index (χ1) is 14.0. The highest BCUT2D eigenvalue weighted by Gasteiger charge is 2.32. The van der Waals surface area contributed by atoms with Gasteiger partial charge in [-0.1, -0.05) is 5.10 Å². The third kappa shape index (κ3) is 3.47. The summed E-state index contributed by atoms with van der Waals surface area (Å²) in [5.41, 5.74) is 4.19. The van der Waals surface area contributed by atoms with Gasteiger partial charge in [-0.05, 0) is 30.3 Å². The molecule has 1 fully saturated rings. The Kier molecular flexibility index (Phi) is 4.80. The van der Waals surface area contributed by atoms with E-state index in [2.05, 4.69) is 20.8 Å². The molecule has 3 aromatic rings. The zero-order valence-corrected chi connectivity index (χ0v) is 15.8. The Labute approximate surface area is 165 Å². The lowest BCUT2D eigenvalue weighted by atomic mass is 10.1. The number of hydrogen-bond donors (Lipinski definition) is 3. The summed E-state index contributed by atoms with van der Waals surface area (Å²) < 4.78 is 21.4. The summed E-state index contributed by atoms with van der Waals surface area (Å²) in [6.07, 6.45) is 0.351. The highest BCUT2D eigenvalue weighted by atomic mass is 19.1. The maximum absolute atomic E-state index is 14.7. The topological polar surface area (TPSA) is 109 Å². The van der Waals surface area contributed by atoms with Gasteiger partial charge in [-0.15, -0.1) is 4.91 Å². The Morgan fingerprint density at radius 1 is 1.34 bits per heavy atom. The lowest BCUT2D eigenvalue weighted by molar-refractivity contribution is 0.0963. The minimum atomic E-state index is -0.603. The number of pyridine rings is 1. The Hall–Kier alpha value is -3.60. The van der Waals surface area contributed by atoms with Gasteiger partial charge in [-0.25, -0.2) is 18.9 Å². The zero-order chi connectivity index (χ0) is 20.5. The molecule has 0 unspecified atom stereocenters. The van der Waals surface area contributed by atoms with Crippen LogP contribution in [0.15, 0.2) is 36.5 Å². The maximum atomic E-state index is 14.7. The molecule has 0 aliphatic carbocycles. The smallest absolute Gasteiger partial charge is 0.414 e. The Morgan fingerprint density at radius 3 is 2.76 bits per heavy atom. The molecule has 0 radical (unpaired) electrons. The largest absolute Gasteiger partial charge is 0.441 e. The number of halogens is 1. The number of aliphatic hydroxyl groups is 1. The monoisotopic (exact) mass is 401 g/mol. The number of cyclic esters (lactones) is 1. The number of aliphatic hydroxyl groups excluding tert-OH is 1. The van der Waals surface area contributed by atoms with Crippen molar-refractivity contribution in [3.8, 4) is 11.1 Å². The van der Waals surface area contributed by atoms with Crippen LogP contribution in [0.1, 0.15) is 0 Å². The highest BCUT2D eigenvalue weighted by molar-refractivity contribution is 5.90. The van der Waals surface area contributed by atoms with E-state index in [1.54, 1.807) is 47.1 Å². The molecule has 3 N–H and O–H groups in total. The van der Waals surface area contributed by atoms with Crippen molar-refractivity contribution < 1.29 is 19.0 Å². The van der Waals surface area contributed by atoms with Crippen molar-refractivity contribution in [1.82, 2.24) is 19.7 Å². The summed E-state index contributed by atoms with van der Waals surface area (Å²) in [4.78, 5) is 19.0. The van der Waals surface area contributed by atoms with Crippen LogP contribution in [0.25, 0.3) is 11.1 Å². The number of anilines is 3. The number of hydrogen-bond acceptors (Lipinski definition) is 7. The van der Waals surface area contributed by atoms with E-state index >= 15 is 0 Å². The fourth-order valence-electron chi connectivity index (χ4n) is 3.05. The SMILES string of the molecule is CNn1nc(Nc2ccc(-c3ccc(N4C[C@H](CO)OC4=O)cc3F)cn2)n1C. The predicted molar refractivity (Wildman–Crippen MR) is 104 cm³/mol. The molecule has 2 aromatic heterocycles. The van der Waals surface area contributed by atoms with E-state index in [1.165, 1.54) is 11.0 Å². The molecule has 11 heteroatoms. The van der Waals surface area contributed by atoms with E-state index in [-0.39, 0.29) is 13.2 Å². The van der Waals surface area contributed by atoms with Gasteiger partial charge in [0.1, 0.15) is 17.7 Å². The van der Waals surface area contributed by atoms with E-state index in [0.29, 0.717) is 28.6 Å². The molecule has 1 atom stereocenters. The van der Waals surface area contributed by atoms with Gasteiger partial charge < -0.3 is 15.2 Å². The third-order valence-electron chi connectivity index (χ3n) is 4.64. The number of nitrogens with zero attached hydrogens (tertiary/aromatic N) is 5. The minimum absolute atomic E-state index is 0.180. The summed E-state index contributed by atoms with van der Waals surface area (Å²) >= 11 is 0. The Balaban J connectivity index is 1.50. The van der Waals surface area contributed by atoms with Crippen LogP contribution in [0.5, 0.6) is 0 Å². The fourth-order valence-corrected chi connectivity index (χ4v) is 3.05. The number of benzene rings is 1. The number of rotatable bonds is 6. The molecule has 0 bridgehead atoms. The van der Waals surface area contributed by atoms with Crippen LogP contribution >= 0.6 is 0 Å². The van der Waals surface area contributed by atoms with Crippen molar-refractivity contribution in [2.75, 3.05) is 35.8 Å².